The van der Waals surface area contributed by atoms with Crippen LogP contribution in [0, 0.1) is 23.5 Å². The third kappa shape index (κ3) is 4.02. The molecule has 0 aromatic heterocycles. The van der Waals surface area contributed by atoms with Gasteiger partial charge in [-0.3, -0.25) is 0 Å². The lowest BCUT2D eigenvalue weighted by Crippen LogP contribution is -2.13. The summed E-state index contributed by atoms with van der Waals surface area (Å²) in [5, 5.41) is 0. The summed E-state index contributed by atoms with van der Waals surface area (Å²) in [5.41, 5.74) is 3.06. The van der Waals surface area contributed by atoms with Crippen molar-refractivity contribution in [1.82, 2.24) is 0 Å². The average Bonchev–Trinajstić information content (AvgIpc) is 2.72. The molecule has 2 aromatic rings. The molecule has 0 nitrogen and oxygen atoms in total. The van der Waals surface area contributed by atoms with E-state index in [4.69, 9.17) is 0 Å². The molecule has 0 spiro atoms. The molecule has 2 aromatic carbocycles. The highest BCUT2D eigenvalue weighted by Crippen LogP contribution is 2.39. The van der Waals surface area contributed by atoms with Gasteiger partial charge in [0, 0.05) is 8.42 Å². The average molecular weight is 387 g/mol. The Hall–Kier alpha value is -1.70. The van der Waals surface area contributed by atoms with Crippen LogP contribution in [0.4, 0.5) is 8.78 Å². The summed E-state index contributed by atoms with van der Waals surface area (Å²) in [7, 11) is 0. The van der Waals surface area contributed by atoms with Crippen molar-refractivity contribution in [2.75, 3.05) is 0 Å². The van der Waals surface area contributed by atoms with Gasteiger partial charge in [0.15, 0.2) is 11.6 Å². The maximum absolute atomic E-state index is 14.9. The summed E-state index contributed by atoms with van der Waals surface area (Å²) < 4.78 is 29.8. The molecule has 2 saturated carbocycles. The fourth-order valence-electron chi connectivity index (χ4n) is 5.20. The number of hydrogen-bond donors (Lipinski definition) is 0. The summed E-state index contributed by atoms with van der Waals surface area (Å²) in [6.45, 7) is 4.57. The largest absolute Gasteiger partial charge is 0.203 e. The molecule has 2 aliphatic rings. The zero-order valence-electron chi connectivity index (χ0n) is 17.2. The van der Waals surface area contributed by atoms with E-state index in [1.54, 1.807) is 6.07 Å². The highest BCUT2D eigenvalue weighted by Gasteiger charge is 2.25. The predicted molar refractivity (Wildman–Crippen MR) is 117 cm³/mol. The lowest BCUT2D eigenvalue weighted by Gasteiger charge is -2.27. The number of rotatable bonds is 3. The fraction of sp³-hybridized carbons (Fsp3) is 0.538. The Kier molecular flexibility index (Phi) is 5.85. The van der Waals surface area contributed by atoms with E-state index in [9.17, 15) is 8.78 Å². The van der Waals surface area contributed by atoms with E-state index in [1.165, 1.54) is 31.2 Å². The Balaban J connectivity index is 0.00000160. The van der Waals surface area contributed by atoms with Crippen molar-refractivity contribution >= 4 is 0 Å². The van der Waals surface area contributed by atoms with Gasteiger partial charge < -0.3 is 0 Å². The summed E-state index contributed by atoms with van der Waals surface area (Å²) in [6, 6.07) is 11.8. The first-order valence-electron chi connectivity index (χ1n) is 11.1. The Labute approximate surface area is 171 Å². The van der Waals surface area contributed by atoms with Gasteiger partial charge in [0.05, 0.1) is 0 Å². The molecule has 0 radical (unpaired) electrons. The van der Waals surface area contributed by atoms with Crippen molar-refractivity contribution in [3.05, 3.63) is 59.2 Å². The van der Waals surface area contributed by atoms with Gasteiger partial charge in [0.2, 0.25) is 0 Å². The quantitative estimate of drug-likeness (QED) is 0.495. The Morgan fingerprint density at radius 1 is 0.643 bits per heavy atom. The molecule has 0 aliphatic heterocycles. The first-order chi connectivity index (χ1) is 13.5. The van der Waals surface area contributed by atoms with Crippen LogP contribution in [0.1, 0.15) is 91.0 Å². The van der Waals surface area contributed by atoms with Gasteiger partial charge in [-0.15, -0.1) is 0 Å². The van der Waals surface area contributed by atoms with Crippen LogP contribution < -0.4 is 0 Å². The van der Waals surface area contributed by atoms with E-state index in [0.29, 0.717) is 23.0 Å². The summed E-state index contributed by atoms with van der Waals surface area (Å²) >= 11 is 0. The fourth-order valence-corrected chi connectivity index (χ4v) is 5.20. The third-order valence-electron chi connectivity index (χ3n) is 7.28. The molecule has 0 amide bonds. The van der Waals surface area contributed by atoms with Crippen LogP contribution in [0.25, 0.3) is 11.1 Å². The SMILES string of the molecule is CC1CCC(c2ccc(-c3ccc(C4CCC(C)CC4)c(F)c3F)cc2)CC1.[HH].[HH]. The van der Waals surface area contributed by atoms with Gasteiger partial charge in [-0.1, -0.05) is 75.9 Å². The van der Waals surface area contributed by atoms with Crippen LogP contribution in [0.3, 0.4) is 0 Å². The molecule has 0 saturated heterocycles. The van der Waals surface area contributed by atoms with Crippen LogP contribution in [0.15, 0.2) is 36.4 Å². The van der Waals surface area contributed by atoms with Crippen molar-refractivity contribution in [2.45, 2.75) is 77.0 Å². The molecule has 2 heteroatoms. The first kappa shape index (κ1) is 19.6. The molecule has 0 atom stereocenters. The van der Waals surface area contributed by atoms with E-state index in [2.05, 4.69) is 26.0 Å². The molecule has 2 fully saturated rings. The minimum Gasteiger partial charge on any atom is -0.203 e. The topological polar surface area (TPSA) is 0 Å². The number of benzene rings is 2. The van der Waals surface area contributed by atoms with Crippen LogP contribution in [-0.4, -0.2) is 0 Å². The number of hydrogen-bond acceptors (Lipinski definition) is 0. The van der Waals surface area contributed by atoms with Crippen LogP contribution in [-0.2, 0) is 0 Å². The highest BCUT2D eigenvalue weighted by molar-refractivity contribution is 5.65. The van der Waals surface area contributed by atoms with Gasteiger partial charge in [0.1, 0.15) is 0 Å². The molecule has 2 aliphatic carbocycles. The van der Waals surface area contributed by atoms with Crippen molar-refractivity contribution < 1.29 is 11.6 Å². The minimum atomic E-state index is -0.685. The van der Waals surface area contributed by atoms with Crippen LogP contribution in [0.5, 0.6) is 0 Å². The van der Waals surface area contributed by atoms with Crippen molar-refractivity contribution in [1.29, 1.82) is 0 Å². The molecular weight excluding hydrogens is 350 g/mol. The minimum absolute atomic E-state index is 0. The van der Waals surface area contributed by atoms with Gasteiger partial charge in [-0.05, 0) is 66.0 Å². The Bertz CT molecular complexity index is 803. The molecular formula is C26H36F2. The number of halogens is 2. The van der Waals surface area contributed by atoms with E-state index in [1.807, 2.05) is 18.2 Å². The van der Waals surface area contributed by atoms with Gasteiger partial charge >= 0.3 is 0 Å². The van der Waals surface area contributed by atoms with E-state index in [0.717, 1.165) is 37.2 Å². The standard InChI is InChI=1S/C26H32F2.2H2/c1-17-3-7-19(8-4-17)20-11-13-22(14-12-20)24-16-15-23(25(27)26(24)28)21-9-5-18(2)6-10-21;;/h11-19,21H,3-10H2,1-2H3;2*1H. The third-order valence-corrected chi connectivity index (χ3v) is 7.28. The Morgan fingerprint density at radius 3 is 1.75 bits per heavy atom. The Morgan fingerprint density at radius 2 is 1.18 bits per heavy atom. The van der Waals surface area contributed by atoms with Gasteiger partial charge in [-0.25, -0.2) is 8.78 Å². The highest BCUT2D eigenvalue weighted by atomic mass is 19.2. The van der Waals surface area contributed by atoms with E-state index >= 15 is 0 Å². The molecule has 4 rings (SSSR count). The van der Waals surface area contributed by atoms with Crippen LogP contribution >= 0.6 is 0 Å². The maximum atomic E-state index is 14.9. The molecule has 0 unspecified atom stereocenters. The summed E-state index contributed by atoms with van der Waals surface area (Å²) in [4.78, 5) is 0. The first-order valence-corrected chi connectivity index (χ1v) is 11.1. The van der Waals surface area contributed by atoms with E-state index < -0.39 is 11.6 Å². The van der Waals surface area contributed by atoms with Crippen molar-refractivity contribution in [3.8, 4) is 11.1 Å². The zero-order chi connectivity index (χ0) is 19.7. The van der Waals surface area contributed by atoms with Crippen molar-refractivity contribution in [3.63, 3.8) is 0 Å². The second-order valence-electron chi connectivity index (χ2n) is 9.37. The normalized spacial score (nSPS) is 28.3. The molecule has 154 valence electrons. The molecule has 0 bridgehead atoms. The van der Waals surface area contributed by atoms with Gasteiger partial charge in [-0.2, -0.15) is 0 Å². The smallest absolute Gasteiger partial charge is 0.166 e. The zero-order valence-corrected chi connectivity index (χ0v) is 17.2. The molecule has 28 heavy (non-hydrogen) atoms. The van der Waals surface area contributed by atoms with Crippen molar-refractivity contribution in [2.24, 2.45) is 11.8 Å². The second kappa shape index (κ2) is 8.35. The predicted octanol–water partition coefficient (Wildman–Crippen LogP) is 8.71. The monoisotopic (exact) mass is 386 g/mol. The lowest BCUT2D eigenvalue weighted by molar-refractivity contribution is 0.339. The summed E-state index contributed by atoms with van der Waals surface area (Å²) in [6.07, 6.45) is 9.18. The lowest BCUT2D eigenvalue weighted by atomic mass is 9.78. The van der Waals surface area contributed by atoms with Crippen LogP contribution in [0.2, 0.25) is 0 Å². The van der Waals surface area contributed by atoms with E-state index in [-0.39, 0.29) is 8.77 Å². The molecule has 0 N–H and O–H groups in total. The molecule has 0 heterocycles. The summed E-state index contributed by atoms with van der Waals surface area (Å²) in [5.74, 6) is 0.990. The maximum Gasteiger partial charge on any atom is 0.166 e. The van der Waals surface area contributed by atoms with Gasteiger partial charge in [0.25, 0.3) is 0 Å². The second-order valence-corrected chi connectivity index (χ2v) is 9.37.